The quantitative estimate of drug-likeness (QED) is 0.262. The minimum absolute atomic E-state index is 0.150. The largest absolute Gasteiger partial charge is 0.688 e. The summed E-state index contributed by atoms with van der Waals surface area (Å²) in [4.78, 5) is 0. The first-order valence-electron chi connectivity index (χ1n) is 5.77. The van der Waals surface area contributed by atoms with Crippen molar-refractivity contribution in [2.24, 2.45) is 20.4 Å². The van der Waals surface area contributed by atoms with E-state index in [2.05, 4.69) is 20.4 Å². The van der Waals surface area contributed by atoms with Gasteiger partial charge in [-0.25, -0.2) is 0 Å². The van der Waals surface area contributed by atoms with Crippen LogP contribution < -0.4 is 0 Å². The molecule has 110 valence electrons. The molecule has 0 aromatic heterocycles. The lowest BCUT2D eigenvalue weighted by Crippen LogP contribution is -2.38. The summed E-state index contributed by atoms with van der Waals surface area (Å²) in [5.41, 5.74) is 3.31. The summed E-state index contributed by atoms with van der Waals surface area (Å²) in [6, 6.07) is 0. The maximum absolute atomic E-state index is 9.09. The molecule has 0 radical (unpaired) electrons. The van der Waals surface area contributed by atoms with Gasteiger partial charge in [0, 0.05) is 25.3 Å². The van der Waals surface area contributed by atoms with Gasteiger partial charge in [0.1, 0.15) is 5.69 Å². The number of nitrogens with zero attached hydrogens (tertiary/aromatic N) is 5. The summed E-state index contributed by atoms with van der Waals surface area (Å²) in [6.07, 6.45) is 0. The molecule has 0 atom stereocenters. The Hall–Kier alpha value is -1.72. The van der Waals surface area contributed by atoms with Crippen molar-refractivity contribution >= 4 is 42.2 Å². The second-order valence-corrected chi connectivity index (χ2v) is 7.38. The van der Waals surface area contributed by atoms with Gasteiger partial charge >= 0.3 is 7.87 Å². The van der Waals surface area contributed by atoms with Crippen molar-refractivity contribution in [2.45, 2.75) is 41.5 Å². The molecule has 9 heteroatoms. The van der Waals surface area contributed by atoms with Crippen molar-refractivity contribution in [1.82, 2.24) is 0 Å². The molecule has 0 aliphatic carbocycles. The van der Waals surface area contributed by atoms with Crippen LogP contribution in [0.2, 0.25) is 0 Å². The fourth-order valence-electron chi connectivity index (χ4n) is 0.828. The molecular formula is C11H18ClN5O2Si. The molecule has 20 heavy (non-hydrogen) atoms. The van der Waals surface area contributed by atoms with E-state index in [0.717, 1.165) is 11.4 Å². The molecular weight excluding hydrogens is 298 g/mol. The monoisotopic (exact) mass is 315 g/mol. The Morgan fingerprint density at radius 1 is 0.850 bits per heavy atom. The zero-order chi connectivity index (χ0) is 15.8. The molecule has 0 amide bonds. The smallest absolute Gasteiger partial charge is 0.479 e. The lowest BCUT2D eigenvalue weighted by molar-refractivity contribution is 0.410. The zero-order valence-electron chi connectivity index (χ0n) is 12.4. The average molecular weight is 316 g/mol. The van der Waals surface area contributed by atoms with Crippen LogP contribution >= 0.6 is 11.1 Å². The van der Waals surface area contributed by atoms with E-state index in [1.165, 1.54) is 13.8 Å². The van der Waals surface area contributed by atoms with Crippen LogP contribution in [0.3, 0.4) is 0 Å². The minimum atomic E-state index is -3.62. The summed E-state index contributed by atoms with van der Waals surface area (Å²) < 4.78 is 10.5. The highest BCUT2D eigenvalue weighted by atomic mass is 35.6. The highest BCUT2D eigenvalue weighted by Crippen LogP contribution is 2.13. The van der Waals surface area contributed by atoms with Crippen molar-refractivity contribution in [3.8, 4) is 5.69 Å². The van der Waals surface area contributed by atoms with Gasteiger partial charge in [-0.05, 0) is 27.7 Å². The first kappa shape index (κ1) is 18.3. The van der Waals surface area contributed by atoms with Gasteiger partial charge < -0.3 is 8.85 Å². The lowest BCUT2D eigenvalue weighted by Gasteiger charge is -2.17. The van der Waals surface area contributed by atoms with E-state index >= 15 is 0 Å². The predicted molar refractivity (Wildman–Crippen MR) is 83.2 cm³/mol. The van der Waals surface area contributed by atoms with Crippen LogP contribution in [0.1, 0.15) is 41.5 Å². The van der Waals surface area contributed by atoms with Crippen LogP contribution in [0, 0.1) is 11.0 Å². The minimum Gasteiger partial charge on any atom is -0.479 e. The van der Waals surface area contributed by atoms with Gasteiger partial charge in [0.05, 0.1) is 0 Å². The Balaban J connectivity index is 4.92. The fourth-order valence-corrected chi connectivity index (χ4v) is 2.47. The van der Waals surface area contributed by atoms with Gasteiger partial charge in [0.15, 0.2) is 11.8 Å². The van der Waals surface area contributed by atoms with E-state index < -0.39 is 7.87 Å². The van der Waals surface area contributed by atoms with Crippen LogP contribution in [0.4, 0.5) is 0 Å². The van der Waals surface area contributed by atoms with Crippen LogP contribution in [0.25, 0.3) is 0 Å². The maximum atomic E-state index is 9.09. The Morgan fingerprint density at radius 3 is 1.45 bits per heavy atom. The molecule has 0 bridgehead atoms. The molecule has 0 spiro atoms. The topological polar surface area (TPSA) is 91.7 Å². The summed E-state index contributed by atoms with van der Waals surface area (Å²) in [6.45, 7) is 10.2. The molecule has 0 aliphatic heterocycles. The molecule has 0 unspecified atom stereocenters. The summed E-state index contributed by atoms with van der Waals surface area (Å²) >= 11 is 6.02. The number of rotatable bonds is 4. The molecule has 0 fully saturated rings. The lowest BCUT2D eigenvalue weighted by atomic mass is 10.5. The van der Waals surface area contributed by atoms with Gasteiger partial charge in [-0.15, -0.1) is 10.2 Å². The molecule has 7 nitrogen and oxygen atoms in total. The molecule has 0 N–H and O–H groups in total. The fraction of sp³-hybridized carbons (Fsp3) is 0.545. The summed E-state index contributed by atoms with van der Waals surface area (Å²) in [7, 11) is -3.62. The van der Waals surface area contributed by atoms with Gasteiger partial charge in [0.2, 0.25) is 0 Å². The highest BCUT2D eigenvalue weighted by molar-refractivity contribution is 7.18. The molecule has 0 rings (SSSR count). The van der Waals surface area contributed by atoms with Gasteiger partial charge in [-0.2, -0.15) is 15.5 Å². The average Bonchev–Trinajstić information content (AvgIpc) is 2.33. The first-order valence-corrected chi connectivity index (χ1v) is 8.60. The van der Waals surface area contributed by atoms with Gasteiger partial charge in [-0.3, -0.25) is 0 Å². The van der Waals surface area contributed by atoms with Crippen LogP contribution in [0.5, 0.6) is 0 Å². The summed E-state index contributed by atoms with van der Waals surface area (Å²) in [5.74, 6) is 0.301. The van der Waals surface area contributed by atoms with E-state index in [9.17, 15) is 0 Å². The zero-order valence-corrected chi connectivity index (χ0v) is 14.2. The molecule has 0 saturated heterocycles. The van der Waals surface area contributed by atoms with Crippen molar-refractivity contribution < 1.29 is 8.85 Å². The van der Waals surface area contributed by atoms with Gasteiger partial charge in [0.25, 0.3) is 0 Å². The standard InChI is InChI=1S/C11H18ClN5O2Si/c1-8(2)14-16-10(5)18-20(12,7-13)19-11(6)17-15-9(3)4/h1-6H3/b16-10+,17-11+. The first-order chi connectivity index (χ1) is 9.18. The van der Waals surface area contributed by atoms with Crippen molar-refractivity contribution in [3.63, 3.8) is 0 Å². The molecule has 0 aromatic rings. The third-order valence-corrected chi connectivity index (χ3v) is 3.57. The Bertz CT molecular complexity index is 463. The van der Waals surface area contributed by atoms with Crippen molar-refractivity contribution in [2.75, 3.05) is 0 Å². The summed E-state index contributed by atoms with van der Waals surface area (Å²) in [5, 5.41) is 24.2. The molecule has 0 aliphatic rings. The third-order valence-electron chi connectivity index (χ3n) is 1.47. The van der Waals surface area contributed by atoms with E-state index in [1.807, 2.05) is 5.69 Å². The van der Waals surface area contributed by atoms with Crippen molar-refractivity contribution in [1.29, 1.82) is 5.26 Å². The normalized spacial score (nSPS) is 14.7. The second kappa shape index (κ2) is 8.45. The third kappa shape index (κ3) is 8.39. The van der Waals surface area contributed by atoms with Gasteiger partial charge in [-0.1, -0.05) is 11.1 Å². The van der Waals surface area contributed by atoms with Crippen LogP contribution in [-0.4, -0.2) is 31.1 Å². The Kier molecular flexibility index (Phi) is 7.72. The Labute approximate surface area is 124 Å². The Morgan fingerprint density at radius 2 is 1.20 bits per heavy atom. The van der Waals surface area contributed by atoms with E-state index in [0.29, 0.717) is 0 Å². The highest BCUT2D eigenvalue weighted by Gasteiger charge is 2.44. The molecule has 0 aromatic carbocycles. The molecule has 0 saturated carbocycles. The number of nitriles is 1. The van der Waals surface area contributed by atoms with E-state index in [-0.39, 0.29) is 11.8 Å². The SMILES string of the molecule is CC(C)=N/N=C(\C)O[Si](Cl)(C#N)O/C(C)=N/N=C(C)C. The van der Waals surface area contributed by atoms with Crippen LogP contribution in [0.15, 0.2) is 20.4 Å². The maximum Gasteiger partial charge on any atom is 0.688 e. The number of halogens is 1. The van der Waals surface area contributed by atoms with Crippen LogP contribution in [-0.2, 0) is 8.85 Å². The predicted octanol–water partition coefficient (Wildman–Crippen LogP) is 2.89. The second-order valence-electron chi connectivity index (χ2n) is 4.18. The number of hydrogen-bond acceptors (Lipinski definition) is 7. The number of hydrogen-bond donors (Lipinski definition) is 0. The molecule has 0 heterocycles. The van der Waals surface area contributed by atoms with Crippen molar-refractivity contribution in [3.05, 3.63) is 0 Å². The van der Waals surface area contributed by atoms with E-state index in [1.54, 1.807) is 27.7 Å². The van der Waals surface area contributed by atoms with E-state index in [4.69, 9.17) is 25.2 Å².